The van der Waals surface area contributed by atoms with Gasteiger partial charge in [0, 0.05) is 32.1 Å². The lowest BCUT2D eigenvalue weighted by Crippen LogP contribution is -2.47. The molecule has 0 aromatic rings. The van der Waals surface area contributed by atoms with Crippen molar-refractivity contribution < 1.29 is 9.59 Å². The number of rotatable bonds is 8. The van der Waals surface area contributed by atoms with Crippen LogP contribution in [0.5, 0.6) is 0 Å². The Morgan fingerprint density at radius 2 is 2.05 bits per heavy atom. The molecule has 1 saturated heterocycles. The Bertz CT molecular complexity index is 366. The van der Waals surface area contributed by atoms with Gasteiger partial charge in [0.05, 0.1) is 14.6 Å². The monoisotopic (exact) mass is 313 g/mol. The van der Waals surface area contributed by atoms with E-state index in [0.29, 0.717) is 19.0 Å². The van der Waals surface area contributed by atoms with E-state index >= 15 is 0 Å². The molecule has 0 aromatic carbocycles. The first-order valence-corrected chi connectivity index (χ1v) is 11.7. The van der Waals surface area contributed by atoms with Gasteiger partial charge in [-0.2, -0.15) is 0 Å². The molecule has 1 aliphatic heterocycles. The fraction of sp³-hybridized carbons (Fsp3) is 0.867. The van der Waals surface area contributed by atoms with Gasteiger partial charge in [-0.1, -0.05) is 19.6 Å². The first kappa shape index (κ1) is 18.2. The maximum absolute atomic E-state index is 11.9. The molecule has 1 aliphatic rings. The zero-order chi connectivity index (χ0) is 16.0. The van der Waals surface area contributed by atoms with Gasteiger partial charge in [0.15, 0.2) is 0 Å². The van der Waals surface area contributed by atoms with E-state index in [9.17, 15) is 9.59 Å². The van der Waals surface area contributed by atoms with Gasteiger partial charge in [-0.25, -0.2) is 0 Å². The summed E-state index contributed by atoms with van der Waals surface area (Å²) in [6.07, 6.45) is 2.61. The van der Waals surface area contributed by atoms with Gasteiger partial charge in [-0.3, -0.25) is 9.59 Å². The number of carbonyl (C=O) groups is 2. The fourth-order valence-corrected chi connectivity index (χ4v) is 4.31. The largest absolute Gasteiger partial charge is 0.353 e. The van der Waals surface area contributed by atoms with Crippen molar-refractivity contribution >= 4 is 19.9 Å². The van der Waals surface area contributed by atoms with Crippen molar-refractivity contribution in [2.75, 3.05) is 32.3 Å². The summed E-state index contributed by atoms with van der Waals surface area (Å²) < 4.78 is 0. The van der Waals surface area contributed by atoms with Crippen LogP contribution in [-0.2, 0) is 9.59 Å². The zero-order valence-electron chi connectivity index (χ0n) is 14.2. The van der Waals surface area contributed by atoms with Crippen LogP contribution in [0.2, 0.25) is 19.6 Å². The fourth-order valence-electron chi connectivity index (χ4n) is 2.57. The normalized spacial score (nSPS) is 16.1. The number of carbonyl (C=O) groups excluding carboxylic acids is 2. The molecule has 0 aliphatic carbocycles. The minimum Gasteiger partial charge on any atom is -0.353 e. The lowest BCUT2D eigenvalue weighted by atomic mass is 10.3. The second kappa shape index (κ2) is 7.94. The minimum atomic E-state index is -1.14. The van der Waals surface area contributed by atoms with E-state index in [4.69, 9.17) is 0 Å². The molecule has 122 valence electrons. The van der Waals surface area contributed by atoms with Crippen LogP contribution < -0.4 is 5.32 Å². The molecule has 0 spiro atoms. The molecule has 0 aromatic heterocycles. The molecule has 0 unspecified atom stereocenters. The number of nitrogens with one attached hydrogen (secondary N) is 1. The predicted molar refractivity (Wildman–Crippen MR) is 88.9 cm³/mol. The lowest BCUT2D eigenvalue weighted by molar-refractivity contribution is -0.133. The SMILES string of the molecule is CC(C)N(CCNC(=O)CN1CCCC1=O)C[Si](C)(C)C. The van der Waals surface area contributed by atoms with Gasteiger partial charge in [0.1, 0.15) is 0 Å². The van der Waals surface area contributed by atoms with E-state index in [1.54, 1.807) is 4.90 Å². The molecule has 0 saturated carbocycles. The average Bonchev–Trinajstić information content (AvgIpc) is 2.72. The summed E-state index contributed by atoms with van der Waals surface area (Å²) in [6, 6.07) is 0.494. The van der Waals surface area contributed by atoms with Crippen molar-refractivity contribution in [3.8, 4) is 0 Å². The molecule has 1 N–H and O–H groups in total. The van der Waals surface area contributed by atoms with Crippen LogP contribution in [0.25, 0.3) is 0 Å². The maximum Gasteiger partial charge on any atom is 0.239 e. The summed E-state index contributed by atoms with van der Waals surface area (Å²) in [5, 5.41) is 2.94. The van der Waals surface area contributed by atoms with Crippen molar-refractivity contribution in [1.82, 2.24) is 15.1 Å². The van der Waals surface area contributed by atoms with E-state index in [0.717, 1.165) is 25.7 Å². The van der Waals surface area contributed by atoms with Crippen molar-refractivity contribution in [3.63, 3.8) is 0 Å². The highest BCUT2D eigenvalue weighted by Gasteiger charge is 2.23. The standard InChI is InChI=1S/C15H31N3O2Si/c1-13(2)18(12-21(3,4)5)10-8-16-14(19)11-17-9-6-7-15(17)20/h13H,6-12H2,1-5H3,(H,16,19). The van der Waals surface area contributed by atoms with Crippen molar-refractivity contribution in [2.24, 2.45) is 0 Å². The molecule has 0 bridgehead atoms. The Labute approximate surface area is 130 Å². The van der Waals surface area contributed by atoms with Crippen LogP contribution in [0.1, 0.15) is 26.7 Å². The quantitative estimate of drug-likeness (QED) is 0.688. The predicted octanol–water partition coefficient (Wildman–Crippen LogP) is 1.31. The molecular formula is C15H31N3O2Si. The van der Waals surface area contributed by atoms with Gasteiger partial charge < -0.3 is 15.1 Å². The Morgan fingerprint density at radius 3 is 2.52 bits per heavy atom. The van der Waals surface area contributed by atoms with E-state index in [2.05, 4.69) is 43.7 Å². The smallest absolute Gasteiger partial charge is 0.239 e. The molecule has 1 rings (SSSR count). The molecular weight excluding hydrogens is 282 g/mol. The highest BCUT2D eigenvalue weighted by Crippen LogP contribution is 2.09. The molecule has 21 heavy (non-hydrogen) atoms. The van der Waals surface area contributed by atoms with Crippen molar-refractivity contribution in [1.29, 1.82) is 0 Å². The number of hydrogen-bond donors (Lipinski definition) is 1. The Morgan fingerprint density at radius 1 is 1.38 bits per heavy atom. The van der Waals surface area contributed by atoms with E-state index in [1.165, 1.54) is 0 Å². The number of likely N-dealkylation sites (tertiary alicyclic amines) is 1. The van der Waals surface area contributed by atoms with E-state index < -0.39 is 8.07 Å². The summed E-state index contributed by atoms with van der Waals surface area (Å²) in [5.74, 6) is 0.0645. The topological polar surface area (TPSA) is 52.7 Å². The van der Waals surface area contributed by atoms with Crippen LogP contribution in [0, 0.1) is 0 Å². The van der Waals surface area contributed by atoms with E-state index in [1.807, 2.05) is 0 Å². The summed E-state index contributed by atoms with van der Waals surface area (Å²) >= 11 is 0. The van der Waals surface area contributed by atoms with E-state index in [-0.39, 0.29) is 18.4 Å². The Hall–Kier alpha value is -0.883. The first-order chi connectivity index (χ1) is 9.69. The summed E-state index contributed by atoms with van der Waals surface area (Å²) in [6.45, 7) is 14.0. The minimum absolute atomic E-state index is 0.0399. The second-order valence-corrected chi connectivity index (χ2v) is 12.8. The molecule has 1 heterocycles. The third-order valence-electron chi connectivity index (χ3n) is 3.63. The van der Waals surface area contributed by atoms with Crippen molar-refractivity contribution in [2.45, 2.75) is 52.4 Å². The summed E-state index contributed by atoms with van der Waals surface area (Å²) in [7, 11) is -1.14. The van der Waals surface area contributed by atoms with Crippen LogP contribution in [0.4, 0.5) is 0 Å². The second-order valence-electron chi connectivity index (χ2n) is 7.39. The van der Waals surface area contributed by atoms with Crippen LogP contribution >= 0.6 is 0 Å². The Balaban J connectivity index is 2.29. The molecule has 0 atom stereocenters. The molecule has 6 heteroatoms. The van der Waals surface area contributed by atoms with Crippen LogP contribution in [0.3, 0.4) is 0 Å². The first-order valence-electron chi connectivity index (χ1n) is 7.97. The zero-order valence-corrected chi connectivity index (χ0v) is 15.2. The average molecular weight is 314 g/mol. The molecule has 5 nitrogen and oxygen atoms in total. The van der Waals surface area contributed by atoms with Crippen LogP contribution in [0.15, 0.2) is 0 Å². The summed E-state index contributed by atoms with van der Waals surface area (Å²) in [4.78, 5) is 27.4. The maximum atomic E-state index is 11.9. The highest BCUT2D eigenvalue weighted by atomic mass is 28.3. The van der Waals surface area contributed by atoms with Gasteiger partial charge in [-0.05, 0) is 26.4 Å². The Kier molecular flexibility index (Phi) is 6.87. The highest BCUT2D eigenvalue weighted by molar-refractivity contribution is 6.76. The van der Waals surface area contributed by atoms with Gasteiger partial charge in [-0.15, -0.1) is 0 Å². The lowest BCUT2D eigenvalue weighted by Gasteiger charge is -2.32. The van der Waals surface area contributed by atoms with Gasteiger partial charge in [0.25, 0.3) is 0 Å². The number of amides is 2. The third kappa shape index (κ3) is 7.08. The third-order valence-corrected chi connectivity index (χ3v) is 4.99. The number of nitrogens with zero attached hydrogens (tertiary/aromatic N) is 2. The summed E-state index contributed by atoms with van der Waals surface area (Å²) in [5.41, 5.74) is 0. The van der Waals surface area contributed by atoms with Gasteiger partial charge >= 0.3 is 0 Å². The molecule has 1 fully saturated rings. The van der Waals surface area contributed by atoms with Crippen molar-refractivity contribution in [3.05, 3.63) is 0 Å². The van der Waals surface area contributed by atoms with Gasteiger partial charge in [0.2, 0.25) is 11.8 Å². The number of hydrogen-bond acceptors (Lipinski definition) is 3. The van der Waals surface area contributed by atoms with Crippen LogP contribution in [-0.4, -0.2) is 68.1 Å². The molecule has 0 radical (unpaired) electrons. The molecule has 2 amide bonds.